The van der Waals surface area contributed by atoms with Crippen molar-refractivity contribution in [2.45, 2.75) is 0 Å². The van der Waals surface area contributed by atoms with E-state index >= 15 is 0 Å². The first-order valence-electron chi connectivity index (χ1n) is 8.40. The fraction of sp³-hybridized carbons (Fsp3) is 0. The third-order valence-corrected chi connectivity index (χ3v) is 4.63. The van der Waals surface area contributed by atoms with Crippen molar-refractivity contribution in [2.75, 3.05) is 10.6 Å². The molecule has 0 fully saturated rings. The molecule has 0 unspecified atom stereocenters. The molecule has 7 heteroatoms. The van der Waals surface area contributed by atoms with Crippen LogP contribution in [0, 0.1) is 0 Å². The van der Waals surface area contributed by atoms with Gasteiger partial charge in [0, 0.05) is 27.9 Å². The van der Waals surface area contributed by atoms with Crippen LogP contribution in [0.3, 0.4) is 0 Å². The van der Waals surface area contributed by atoms with Gasteiger partial charge < -0.3 is 10.6 Å². The molecule has 0 spiro atoms. The van der Waals surface area contributed by atoms with Gasteiger partial charge in [-0.25, -0.2) is 0 Å². The van der Waals surface area contributed by atoms with Gasteiger partial charge >= 0.3 is 0 Å². The summed E-state index contributed by atoms with van der Waals surface area (Å²) >= 11 is 6.71. The maximum Gasteiger partial charge on any atom is 0.255 e. The summed E-state index contributed by atoms with van der Waals surface area (Å²) in [5.41, 5.74) is 1.84. The summed E-state index contributed by atoms with van der Waals surface area (Å²) < 4.78 is 0. The maximum absolute atomic E-state index is 12.2. The van der Waals surface area contributed by atoms with Gasteiger partial charge in [-0.2, -0.15) is 0 Å². The van der Waals surface area contributed by atoms with Gasteiger partial charge in [0.25, 0.3) is 5.91 Å². The Kier molecular flexibility index (Phi) is 6.67. The van der Waals surface area contributed by atoms with Crippen LogP contribution in [-0.4, -0.2) is 16.9 Å². The third-order valence-electron chi connectivity index (χ3n) is 3.59. The van der Waals surface area contributed by atoms with Gasteiger partial charge in [-0.1, -0.05) is 30.3 Å². The molecule has 3 N–H and O–H groups in total. The van der Waals surface area contributed by atoms with Crippen LogP contribution in [0.2, 0.25) is 0 Å². The Bertz CT molecular complexity index is 1000. The zero-order valence-corrected chi connectivity index (χ0v) is 16.3. The number of hydrogen-bond donors (Lipinski definition) is 3. The molecule has 140 valence electrons. The Balaban J connectivity index is 1.55. The van der Waals surface area contributed by atoms with Crippen LogP contribution in [0.1, 0.15) is 15.2 Å². The van der Waals surface area contributed by atoms with Gasteiger partial charge in [-0.15, -0.1) is 11.3 Å². The van der Waals surface area contributed by atoms with E-state index in [1.807, 2.05) is 23.6 Å². The van der Waals surface area contributed by atoms with Crippen LogP contribution in [0.25, 0.3) is 6.08 Å². The number of anilines is 2. The summed E-state index contributed by atoms with van der Waals surface area (Å²) in [5, 5.41) is 10.5. The van der Waals surface area contributed by atoms with Crippen LogP contribution in [-0.2, 0) is 4.79 Å². The van der Waals surface area contributed by atoms with Crippen LogP contribution in [0.5, 0.6) is 0 Å². The average Bonchev–Trinajstić information content (AvgIpc) is 3.21. The highest BCUT2D eigenvalue weighted by molar-refractivity contribution is 7.80. The van der Waals surface area contributed by atoms with Crippen LogP contribution >= 0.6 is 23.6 Å². The van der Waals surface area contributed by atoms with Crippen molar-refractivity contribution in [3.8, 4) is 0 Å². The van der Waals surface area contributed by atoms with Gasteiger partial charge in [0.1, 0.15) is 0 Å². The molecule has 0 aliphatic rings. The van der Waals surface area contributed by atoms with Crippen molar-refractivity contribution >= 4 is 57.9 Å². The van der Waals surface area contributed by atoms with E-state index in [1.54, 1.807) is 65.9 Å². The van der Waals surface area contributed by atoms with Gasteiger partial charge in [-0.05, 0) is 60.1 Å². The van der Waals surface area contributed by atoms with Gasteiger partial charge in [0.15, 0.2) is 5.11 Å². The number of amides is 2. The molecule has 1 aromatic heterocycles. The van der Waals surface area contributed by atoms with Crippen molar-refractivity contribution < 1.29 is 9.59 Å². The summed E-state index contributed by atoms with van der Waals surface area (Å²) in [6.45, 7) is 0. The van der Waals surface area contributed by atoms with Crippen LogP contribution in [0.15, 0.2) is 78.2 Å². The van der Waals surface area contributed by atoms with Crippen molar-refractivity contribution in [3.63, 3.8) is 0 Å². The maximum atomic E-state index is 12.2. The summed E-state index contributed by atoms with van der Waals surface area (Å²) in [4.78, 5) is 25.2. The summed E-state index contributed by atoms with van der Waals surface area (Å²) in [7, 11) is 0. The van der Waals surface area contributed by atoms with Gasteiger partial charge in [-0.3, -0.25) is 14.9 Å². The predicted octanol–water partition coefficient (Wildman–Crippen LogP) is 4.53. The molecule has 2 aromatic carbocycles. The fourth-order valence-corrected chi connectivity index (χ4v) is 3.16. The lowest BCUT2D eigenvalue weighted by Gasteiger charge is -2.10. The molecule has 0 atom stereocenters. The molecule has 1 heterocycles. The second-order valence-corrected chi connectivity index (χ2v) is 7.08. The molecule has 0 bridgehead atoms. The normalized spacial score (nSPS) is 10.4. The Hall–Kier alpha value is -3.29. The molecule has 0 aliphatic heterocycles. The highest BCUT2D eigenvalue weighted by Crippen LogP contribution is 2.16. The Labute approximate surface area is 172 Å². The lowest BCUT2D eigenvalue weighted by molar-refractivity contribution is -0.115. The molecular formula is C21H17N3O2S2. The van der Waals surface area contributed by atoms with E-state index in [-0.39, 0.29) is 16.9 Å². The lowest BCUT2D eigenvalue weighted by atomic mass is 10.2. The van der Waals surface area contributed by atoms with Crippen molar-refractivity contribution in [1.29, 1.82) is 0 Å². The van der Waals surface area contributed by atoms with E-state index in [9.17, 15) is 9.59 Å². The monoisotopic (exact) mass is 407 g/mol. The molecule has 28 heavy (non-hydrogen) atoms. The Morgan fingerprint density at radius 2 is 1.64 bits per heavy atom. The molecule has 0 saturated heterocycles. The fourth-order valence-electron chi connectivity index (χ4n) is 2.33. The Morgan fingerprint density at radius 3 is 2.36 bits per heavy atom. The number of rotatable bonds is 5. The molecule has 5 nitrogen and oxygen atoms in total. The quantitative estimate of drug-likeness (QED) is 0.429. The van der Waals surface area contributed by atoms with E-state index in [1.165, 1.54) is 6.08 Å². The molecular weight excluding hydrogens is 390 g/mol. The predicted molar refractivity (Wildman–Crippen MR) is 119 cm³/mol. The molecule has 2 amide bonds. The summed E-state index contributed by atoms with van der Waals surface area (Å²) in [6.07, 6.45) is 3.15. The smallest absolute Gasteiger partial charge is 0.255 e. The number of nitrogens with one attached hydrogen (secondary N) is 3. The van der Waals surface area contributed by atoms with Crippen molar-refractivity contribution in [3.05, 3.63) is 88.6 Å². The first-order valence-corrected chi connectivity index (χ1v) is 9.69. The second kappa shape index (κ2) is 9.59. The molecule has 3 aromatic rings. The van der Waals surface area contributed by atoms with E-state index in [4.69, 9.17) is 12.2 Å². The number of benzene rings is 2. The minimum absolute atomic E-state index is 0.173. The zero-order chi connectivity index (χ0) is 19.8. The van der Waals surface area contributed by atoms with Gasteiger partial charge in [0.2, 0.25) is 5.91 Å². The van der Waals surface area contributed by atoms with Crippen LogP contribution < -0.4 is 16.0 Å². The van der Waals surface area contributed by atoms with Crippen molar-refractivity contribution in [2.24, 2.45) is 0 Å². The standard InChI is InChI=1S/C21H17N3O2S2/c25-19(12-11-18-10-5-13-28-18)24-21(27)23-17-9-4-8-16(14-17)22-20(26)15-6-2-1-3-7-15/h1-14H,(H,22,26)(H2,23,24,25,27)/b12-11+. The third kappa shape index (κ3) is 5.87. The minimum atomic E-state index is -0.320. The summed E-state index contributed by atoms with van der Waals surface area (Å²) in [6, 6.07) is 19.9. The SMILES string of the molecule is O=C(/C=C/c1cccs1)NC(=S)Nc1cccc(NC(=O)c2ccccc2)c1. The first kappa shape index (κ1) is 19.5. The number of thiocarbonyl (C=S) groups is 1. The Morgan fingerprint density at radius 1 is 0.893 bits per heavy atom. The van der Waals surface area contributed by atoms with E-state index in [0.717, 1.165) is 4.88 Å². The molecule has 0 radical (unpaired) electrons. The highest BCUT2D eigenvalue weighted by Gasteiger charge is 2.06. The van der Waals surface area contributed by atoms with Crippen LogP contribution in [0.4, 0.5) is 11.4 Å². The number of carbonyl (C=O) groups excluding carboxylic acids is 2. The largest absolute Gasteiger partial charge is 0.332 e. The highest BCUT2D eigenvalue weighted by atomic mass is 32.1. The molecule has 0 aliphatic carbocycles. The zero-order valence-electron chi connectivity index (χ0n) is 14.7. The lowest BCUT2D eigenvalue weighted by Crippen LogP contribution is -2.32. The average molecular weight is 408 g/mol. The van der Waals surface area contributed by atoms with E-state index < -0.39 is 0 Å². The molecule has 0 saturated carbocycles. The number of hydrogen-bond acceptors (Lipinski definition) is 4. The minimum Gasteiger partial charge on any atom is -0.332 e. The topological polar surface area (TPSA) is 70.2 Å². The molecule has 3 rings (SSSR count). The van der Waals surface area contributed by atoms with Gasteiger partial charge in [0.05, 0.1) is 0 Å². The van der Waals surface area contributed by atoms with E-state index in [2.05, 4.69) is 16.0 Å². The number of thiophene rings is 1. The van der Waals surface area contributed by atoms with E-state index in [0.29, 0.717) is 16.9 Å². The first-order chi connectivity index (χ1) is 13.6. The second-order valence-electron chi connectivity index (χ2n) is 5.69. The van der Waals surface area contributed by atoms with Crippen molar-refractivity contribution in [1.82, 2.24) is 5.32 Å². The summed E-state index contributed by atoms with van der Waals surface area (Å²) in [5.74, 6) is -0.522. The number of carbonyl (C=O) groups is 2.